The second-order valence-electron chi connectivity index (χ2n) is 8.61. The van der Waals surface area contributed by atoms with Crippen molar-refractivity contribution >= 4 is 10.8 Å². The minimum absolute atomic E-state index is 0.000759. The van der Waals surface area contributed by atoms with E-state index in [9.17, 15) is 9.18 Å². The molecule has 1 fully saturated rings. The van der Waals surface area contributed by atoms with Crippen molar-refractivity contribution in [3.8, 4) is 5.75 Å². The van der Waals surface area contributed by atoms with Crippen LogP contribution in [0.25, 0.3) is 10.8 Å². The predicted octanol–water partition coefficient (Wildman–Crippen LogP) is 7.04. The van der Waals surface area contributed by atoms with E-state index in [2.05, 4.69) is 6.92 Å². The maximum Gasteiger partial charge on any atom is 0.346 e. The molecular weight excluding hydrogens is 367 g/mol. The van der Waals surface area contributed by atoms with E-state index < -0.39 is 11.4 Å². The van der Waals surface area contributed by atoms with Gasteiger partial charge in [0.2, 0.25) is 0 Å². The van der Waals surface area contributed by atoms with Crippen molar-refractivity contribution in [3.63, 3.8) is 0 Å². The van der Waals surface area contributed by atoms with Gasteiger partial charge in [-0.05, 0) is 42.2 Å². The van der Waals surface area contributed by atoms with Gasteiger partial charge in [-0.3, -0.25) is 0 Å². The number of unbranched alkanes of at least 4 members (excludes halogenated alkanes) is 2. The molecule has 29 heavy (non-hydrogen) atoms. The molecule has 4 heteroatoms. The monoisotopic (exact) mass is 402 g/mol. The average Bonchev–Trinajstić information content (AvgIpc) is 2.73. The number of ether oxygens (including phenoxy) is 1. The Hall–Kier alpha value is -1.84. The van der Waals surface area contributed by atoms with Crippen molar-refractivity contribution in [1.29, 1.82) is 0 Å². The maximum absolute atomic E-state index is 14.7. The average molecular weight is 403 g/mol. The highest BCUT2D eigenvalue weighted by molar-refractivity contribution is 5.83. The van der Waals surface area contributed by atoms with Gasteiger partial charge in [0.1, 0.15) is 11.1 Å². The normalized spacial score (nSPS) is 19.6. The van der Waals surface area contributed by atoms with Crippen molar-refractivity contribution in [2.24, 2.45) is 11.8 Å². The smallest absolute Gasteiger partial charge is 0.346 e. The van der Waals surface area contributed by atoms with Crippen LogP contribution in [0, 0.1) is 17.7 Å². The lowest BCUT2D eigenvalue weighted by atomic mass is 9.78. The molecule has 0 radical (unpaired) electrons. The van der Waals surface area contributed by atoms with E-state index >= 15 is 0 Å². The lowest BCUT2D eigenvalue weighted by molar-refractivity contribution is 0.246. The van der Waals surface area contributed by atoms with E-state index in [1.54, 1.807) is 12.1 Å². The van der Waals surface area contributed by atoms with Gasteiger partial charge in [0.05, 0.1) is 6.61 Å². The summed E-state index contributed by atoms with van der Waals surface area (Å²) in [6, 6.07) is 5.20. The highest BCUT2D eigenvalue weighted by Crippen LogP contribution is 2.34. The summed E-state index contributed by atoms with van der Waals surface area (Å²) in [5, 5.41) is 0.596. The molecule has 2 aromatic rings. The van der Waals surface area contributed by atoms with Crippen molar-refractivity contribution in [3.05, 3.63) is 40.2 Å². The van der Waals surface area contributed by atoms with Crippen molar-refractivity contribution in [1.82, 2.24) is 0 Å². The van der Waals surface area contributed by atoms with Gasteiger partial charge >= 0.3 is 5.63 Å². The molecule has 0 bridgehead atoms. The molecule has 0 amide bonds. The van der Waals surface area contributed by atoms with Gasteiger partial charge < -0.3 is 9.15 Å². The fraction of sp³-hybridized carbons (Fsp3) is 0.640. The topological polar surface area (TPSA) is 39.4 Å². The molecule has 1 aliphatic carbocycles. The molecule has 1 aromatic heterocycles. The zero-order chi connectivity index (χ0) is 20.6. The number of rotatable bonds is 10. The van der Waals surface area contributed by atoms with Crippen LogP contribution in [0.1, 0.15) is 83.8 Å². The summed E-state index contributed by atoms with van der Waals surface area (Å²) < 4.78 is 25.6. The van der Waals surface area contributed by atoms with Crippen LogP contribution in [0.15, 0.2) is 27.4 Å². The second-order valence-corrected chi connectivity index (χ2v) is 8.61. The van der Waals surface area contributed by atoms with Crippen molar-refractivity contribution in [2.45, 2.75) is 84.5 Å². The summed E-state index contributed by atoms with van der Waals surface area (Å²) in [6.07, 6.45) is 12.8. The third-order valence-corrected chi connectivity index (χ3v) is 6.37. The van der Waals surface area contributed by atoms with Gasteiger partial charge in [0, 0.05) is 6.42 Å². The first-order valence-corrected chi connectivity index (χ1v) is 11.5. The van der Waals surface area contributed by atoms with Crippen molar-refractivity contribution in [2.75, 3.05) is 6.61 Å². The van der Waals surface area contributed by atoms with Gasteiger partial charge in [-0.1, -0.05) is 71.3 Å². The lowest BCUT2D eigenvalue weighted by Gasteiger charge is -2.28. The van der Waals surface area contributed by atoms with Gasteiger partial charge in [0.25, 0.3) is 0 Å². The quantitative estimate of drug-likeness (QED) is 0.400. The van der Waals surface area contributed by atoms with Crippen LogP contribution < -0.4 is 10.4 Å². The van der Waals surface area contributed by atoms with Crippen LogP contribution in [0.3, 0.4) is 0 Å². The number of hydrogen-bond acceptors (Lipinski definition) is 3. The number of benzene rings is 1. The molecule has 160 valence electrons. The van der Waals surface area contributed by atoms with Crippen LogP contribution in [0.2, 0.25) is 0 Å². The Morgan fingerprint density at radius 1 is 1.03 bits per heavy atom. The van der Waals surface area contributed by atoms with Gasteiger partial charge in [0.15, 0.2) is 11.6 Å². The van der Waals surface area contributed by atoms with Crippen LogP contribution in [0.4, 0.5) is 4.39 Å². The second kappa shape index (κ2) is 10.8. The first-order chi connectivity index (χ1) is 14.1. The van der Waals surface area contributed by atoms with Crippen molar-refractivity contribution < 1.29 is 13.5 Å². The van der Waals surface area contributed by atoms with Crippen LogP contribution in [-0.4, -0.2) is 6.61 Å². The van der Waals surface area contributed by atoms with Crippen LogP contribution in [-0.2, 0) is 6.42 Å². The summed E-state index contributed by atoms with van der Waals surface area (Å²) in [4.78, 5) is 12.4. The fourth-order valence-electron chi connectivity index (χ4n) is 4.48. The zero-order valence-corrected chi connectivity index (χ0v) is 18.0. The molecule has 1 saturated carbocycles. The van der Waals surface area contributed by atoms with E-state index in [0.717, 1.165) is 31.6 Å². The maximum atomic E-state index is 14.7. The Morgan fingerprint density at radius 2 is 1.72 bits per heavy atom. The lowest BCUT2D eigenvalue weighted by Crippen LogP contribution is -2.15. The SMILES string of the molecule is CCCCOc1ccc2cc(CCC3CCC(CCCC)CC3)oc(=O)c2c1F. The molecule has 0 aliphatic heterocycles. The highest BCUT2D eigenvalue weighted by Gasteiger charge is 2.21. The first-order valence-electron chi connectivity index (χ1n) is 11.5. The molecule has 1 aliphatic rings. The summed E-state index contributed by atoms with van der Waals surface area (Å²) in [7, 11) is 0. The molecule has 1 aromatic carbocycles. The molecule has 3 rings (SSSR count). The minimum atomic E-state index is -0.607. The number of halogens is 1. The molecule has 0 N–H and O–H groups in total. The number of hydrogen-bond donors (Lipinski definition) is 0. The summed E-state index contributed by atoms with van der Waals surface area (Å²) in [5.74, 6) is 1.80. The molecule has 3 nitrogen and oxygen atoms in total. The Labute approximate surface area is 173 Å². The largest absolute Gasteiger partial charge is 0.490 e. The van der Waals surface area contributed by atoms with E-state index in [1.165, 1.54) is 44.9 Å². The first kappa shape index (κ1) is 21.9. The third-order valence-electron chi connectivity index (χ3n) is 6.37. The van der Waals surface area contributed by atoms with Gasteiger partial charge in [-0.2, -0.15) is 0 Å². The Balaban J connectivity index is 1.61. The van der Waals surface area contributed by atoms with Crippen LogP contribution >= 0.6 is 0 Å². The Kier molecular flexibility index (Phi) is 8.14. The van der Waals surface area contributed by atoms with Gasteiger partial charge in [-0.25, -0.2) is 9.18 Å². The van der Waals surface area contributed by atoms with E-state index in [4.69, 9.17) is 9.15 Å². The molecule has 0 spiro atoms. The van der Waals surface area contributed by atoms with E-state index in [1.807, 2.05) is 13.0 Å². The molecule has 0 unspecified atom stereocenters. The van der Waals surface area contributed by atoms with Gasteiger partial charge in [-0.15, -0.1) is 0 Å². The van der Waals surface area contributed by atoms with E-state index in [0.29, 0.717) is 23.7 Å². The summed E-state index contributed by atoms with van der Waals surface area (Å²) in [6.45, 7) is 4.76. The Bertz CT molecular complexity index is 834. The van der Waals surface area contributed by atoms with Crippen LogP contribution in [0.5, 0.6) is 5.75 Å². The van der Waals surface area contributed by atoms with E-state index in [-0.39, 0.29) is 11.1 Å². The number of aryl methyl sites for hydroxylation is 1. The zero-order valence-electron chi connectivity index (χ0n) is 18.0. The predicted molar refractivity (Wildman–Crippen MR) is 116 cm³/mol. The molecular formula is C25H35FO3. The third kappa shape index (κ3) is 5.83. The fourth-order valence-corrected chi connectivity index (χ4v) is 4.48. The molecule has 0 atom stereocenters. The number of fused-ring (bicyclic) bond motifs is 1. The molecule has 0 saturated heterocycles. The summed E-state index contributed by atoms with van der Waals surface area (Å²) in [5.41, 5.74) is -0.598. The minimum Gasteiger partial charge on any atom is -0.490 e. The highest BCUT2D eigenvalue weighted by atomic mass is 19.1. The standard InChI is InChI=1S/C25H35FO3/c1-3-5-7-18-8-10-19(11-9-18)12-14-21-17-20-13-15-22(28-16-6-4-2)24(26)23(20)25(27)29-21/h13,15,17-19H,3-12,14,16H2,1-2H3. The molecule has 1 heterocycles. The Morgan fingerprint density at radius 3 is 2.41 bits per heavy atom. The summed E-state index contributed by atoms with van der Waals surface area (Å²) >= 11 is 0.